The standard InChI is InChI=1S/C16H4F2N4/c1-22-16-3-10(7-20)13(5-15(16)18)12-4-14(17)11(8-21)2-9(12)6-19/h2-5H. The van der Waals surface area contributed by atoms with E-state index in [0.29, 0.717) is 0 Å². The van der Waals surface area contributed by atoms with Crippen molar-refractivity contribution >= 4 is 5.69 Å². The van der Waals surface area contributed by atoms with Gasteiger partial charge < -0.3 is 0 Å². The van der Waals surface area contributed by atoms with Crippen molar-refractivity contribution in [2.24, 2.45) is 0 Å². The largest absolute Gasteiger partial charge is 0.235 e. The lowest BCUT2D eigenvalue weighted by molar-refractivity contribution is 0.623. The van der Waals surface area contributed by atoms with E-state index >= 15 is 0 Å². The fraction of sp³-hybridized carbons (Fsp3) is 0. The number of benzene rings is 2. The van der Waals surface area contributed by atoms with Gasteiger partial charge in [-0.25, -0.2) is 13.6 Å². The van der Waals surface area contributed by atoms with Crippen LogP contribution in [0.2, 0.25) is 0 Å². The van der Waals surface area contributed by atoms with E-state index in [1.54, 1.807) is 18.2 Å². The Bertz CT molecular complexity index is 871. The second kappa shape index (κ2) is 5.71. The molecule has 2 rings (SSSR count). The zero-order valence-electron chi connectivity index (χ0n) is 10.9. The highest BCUT2D eigenvalue weighted by molar-refractivity contribution is 5.78. The van der Waals surface area contributed by atoms with Crippen LogP contribution in [-0.2, 0) is 0 Å². The first kappa shape index (κ1) is 14.7. The first-order valence-corrected chi connectivity index (χ1v) is 5.81. The van der Waals surface area contributed by atoms with E-state index in [9.17, 15) is 8.78 Å². The maximum atomic E-state index is 13.8. The Morgan fingerprint density at radius 2 is 1.27 bits per heavy atom. The van der Waals surface area contributed by atoms with Gasteiger partial charge in [0.2, 0.25) is 5.69 Å². The fourth-order valence-electron chi connectivity index (χ4n) is 1.94. The van der Waals surface area contributed by atoms with Crippen molar-refractivity contribution in [1.82, 2.24) is 0 Å². The highest BCUT2D eigenvalue weighted by Gasteiger charge is 2.17. The molecule has 2 aromatic carbocycles. The fourth-order valence-corrected chi connectivity index (χ4v) is 1.94. The summed E-state index contributed by atoms with van der Waals surface area (Å²) >= 11 is 0. The van der Waals surface area contributed by atoms with Gasteiger partial charge in [0, 0.05) is 16.7 Å². The van der Waals surface area contributed by atoms with Gasteiger partial charge in [0.25, 0.3) is 0 Å². The van der Waals surface area contributed by atoms with Gasteiger partial charge in [0.05, 0.1) is 29.8 Å². The SMILES string of the molecule is [C-]#[N+]c1cc(C#N)c(-c2cc(F)c(C#N)cc2C#N)cc1F. The van der Waals surface area contributed by atoms with Crippen molar-refractivity contribution in [1.29, 1.82) is 15.8 Å². The van der Waals surface area contributed by atoms with Gasteiger partial charge >= 0.3 is 0 Å². The molecule has 102 valence electrons. The zero-order chi connectivity index (χ0) is 16.3. The smallest absolute Gasteiger partial charge is 0.223 e. The van der Waals surface area contributed by atoms with Gasteiger partial charge in [-0.15, -0.1) is 0 Å². The van der Waals surface area contributed by atoms with Crippen LogP contribution in [0.5, 0.6) is 0 Å². The van der Waals surface area contributed by atoms with Crippen molar-refractivity contribution in [2.45, 2.75) is 0 Å². The van der Waals surface area contributed by atoms with Gasteiger partial charge in [0.1, 0.15) is 17.7 Å². The molecule has 0 fully saturated rings. The first-order valence-electron chi connectivity index (χ1n) is 5.81. The minimum absolute atomic E-state index is 0.00709. The molecule has 0 aliphatic heterocycles. The maximum absolute atomic E-state index is 13.8. The van der Waals surface area contributed by atoms with Crippen LogP contribution in [0.15, 0.2) is 24.3 Å². The number of rotatable bonds is 1. The monoisotopic (exact) mass is 290 g/mol. The second-order valence-electron chi connectivity index (χ2n) is 4.17. The highest BCUT2D eigenvalue weighted by Crippen LogP contribution is 2.33. The second-order valence-corrected chi connectivity index (χ2v) is 4.17. The molecular formula is C16H4F2N4. The van der Waals surface area contributed by atoms with E-state index < -0.39 is 11.6 Å². The summed E-state index contributed by atoms with van der Waals surface area (Å²) in [5.41, 5.74) is -0.805. The topological polar surface area (TPSA) is 75.7 Å². The first-order chi connectivity index (χ1) is 10.5. The average molecular weight is 290 g/mol. The summed E-state index contributed by atoms with van der Waals surface area (Å²) in [7, 11) is 0. The number of hydrogen-bond donors (Lipinski definition) is 0. The van der Waals surface area contributed by atoms with Crippen molar-refractivity contribution in [3.8, 4) is 29.3 Å². The Labute approximate surface area is 124 Å². The number of nitrogens with zero attached hydrogens (tertiary/aromatic N) is 4. The molecule has 0 N–H and O–H groups in total. The minimum atomic E-state index is -0.880. The van der Waals surface area contributed by atoms with Crippen molar-refractivity contribution in [3.63, 3.8) is 0 Å². The number of halogens is 2. The summed E-state index contributed by atoms with van der Waals surface area (Å²) in [6, 6.07) is 9.06. The molecule has 0 aromatic heterocycles. The normalized spacial score (nSPS) is 9.18. The Hall–Kier alpha value is -3.74. The summed E-state index contributed by atoms with van der Waals surface area (Å²) in [4.78, 5) is 2.94. The van der Waals surface area contributed by atoms with Crippen LogP contribution in [-0.4, -0.2) is 0 Å². The summed E-state index contributed by atoms with van der Waals surface area (Å²) in [6.07, 6.45) is 0. The molecule has 0 bridgehead atoms. The van der Waals surface area contributed by atoms with Crippen LogP contribution < -0.4 is 0 Å². The van der Waals surface area contributed by atoms with Gasteiger partial charge in [-0.05, 0) is 24.3 Å². The van der Waals surface area contributed by atoms with E-state index in [1.165, 1.54) is 0 Å². The lowest BCUT2D eigenvalue weighted by atomic mass is 9.94. The molecule has 0 aliphatic carbocycles. The molecule has 0 aliphatic rings. The minimum Gasteiger partial charge on any atom is -0.235 e. The van der Waals surface area contributed by atoms with E-state index in [2.05, 4.69) is 4.85 Å². The molecule has 4 nitrogen and oxygen atoms in total. The Kier molecular flexibility index (Phi) is 3.81. The molecule has 0 radical (unpaired) electrons. The molecule has 0 heterocycles. The van der Waals surface area contributed by atoms with Crippen molar-refractivity contribution in [2.75, 3.05) is 0 Å². The molecule has 6 heteroatoms. The Morgan fingerprint density at radius 1 is 0.773 bits per heavy atom. The third-order valence-corrected chi connectivity index (χ3v) is 2.97. The van der Waals surface area contributed by atoms with E-state index in [-0.39, 0.29) is 33.5 Å². The van der Waals surface area contributed by atoms with E-state index in [0.717, 1.165) is 24.3 Å². The lowest BCUT2D eigenvalue weighted by Crippen LogP contribution is -1.94. The van der Waals surface area contributed by atoms with Gasteiger partial charge in [0.15, 0.2) is 0 Å². The molecule has 22 heavy (non-hydrogen) atoms. The molecule has 0 atom stereocenters. The molecule has 2 aromatic rings. The molecule has 0 spiro atoms. The molecule has 0 saturated carbocycles. The van der Waals surface area contributed by atoms with Crippen LogP contribution >= 0.6 is 0 Å². The predicted molar refractivity (Wildman–Crippen MR) is 72.2 cm³/mol. The predicted octanol–water partition coefficient (Wildman–Crippen LogP) is 3.80. The van der Waals surface area contributed by atoms with Crippen molar-refractivity contribution in [3.05, 3.63) is 64.0 Å². The van der Waals surface area contributed by atoms with Crippen LogP contribution in [0.3, 0.4) is 0 Å². The zero-order valence-corrected chi connectivity index (χ0v) is 10.9. The molecule has 0 amide bonds. The highest BCUT2D eigenvalue weighted by atomic mass is 19.1. The van der Waals surface area contributed by atoms with E-state index in [1.807, 2.05) is 0 Å². The average Bonchev–Trinajstić information content (AvgIpc) is 2.54. The van der Waals surface area contributed by atoms with Gasteiger partial charge in [-0.3, -0.25) is 0 Å². The Balaban J connectivity index is 2.85. The van der Waals surface area contributed by atoms with Crippen molar-refractivity contribution < 1.29 is 8.78 Å². The molecular weight excluding hydrogens is 286 g/mol. The van der Waals surface area contributed by atoms with E-state index in [4.69, 9.17) is 22.4 Å². The number of nitriles is 3. The molecule has 0 saturated heterocycles. The van der Waals surface area contributed by atoms with Gasteiger partial charge in [-0.2, -0.15) is 15.8 Å². The van der Waals surface area contributed by atoms with Crippen LogP contribution in [0, 0.1) is 52.2 Å². The maximum Gasteiger partial charge on any atom is 0.223 e. The summed E-state index contributed by atoms with van der Waals surface area (Å²) in [5.74, 6) is -1.76. The quantitative estimate of drug-likeness (QED) is 0.749. The number of hydrogen-bond acceptors (Lipinski definition) is 3. The summed E-state index contributed by atoms with van der Waals surface area (Å²) in [6.45, 7) is 6.82. The summed E-state index contributed by atoms with van der Waals surface area (Å²) in [5, 5.41) is 27.0. The Morgan fingerprint density at radius 3 is 1.77 bits per heavy atom. The lowest BCUT2D eigenvalue weighted by Gasteiger charge is -2.09. The van der Waals surface area contributed by atoms with Crippen LogP contribution in [0.1, 0.15) is 16.7 Å². The third kappa shape index (κ3) is 2.34. The van der Waals surface area contributed by atoms with Crippen LogP contribution in [0.4, 0.5) is 14.5 Å². The van der Waals surface area contributed by atoms with Crippen LogP contribution in [0.25, 0.3) is 16.0 Å². The third-order valence-electron chi connectivity index (χ3n) is 2.97. The molecule has 0 unspecified atom stereocenters. The van der Waals surface area contributed by atoms with Gasteiger partial charge in [-0.1, -0.05) is 0 Å². The summed E-state index contributed by atoms with van der Waals surface area (Å²) < 4.78 is 27.6.